The van der Waals surface area contributed by atoms with E-state index in [1.54, 1.807) is 0 Å². The first-order chi connectivity index (χ1) is 33.6. The summed E-state index contributed by atoms with van der Waals surface area (Å²) in [7, 11) is 0. The maximum Gasteiger partial charge on any atom is 0.306 e. The van der Waals surface area contributed by atoms with E-state index in [0.717, 1.165) is 64.2 Å². The van der Waals surface area contributed by atoms with Crippen molar-refractivity contribution in [1.29, 1.82) is 0 Å². The van der Waals surface area contributed by atoms with Crippen molar-refractivity contribution in [3.63, 3.8) is 0 Å². The van der Waals surface area contributed by atoms with Crippen LogP contribution in [0, 0.1) is 0 Å². The zero-order valence-corrected chi connectivity index (χ0v) is 44.9. The van der Waals surface area contributed by atoms with Crippen molar-refractivity contribution in [2.24, 2.45) is 0 Å². The predicted octanol–water partition coefficient (Wildman–Crippen LogP) is 19.8. The number of ether oxygens (including phenoxy) is 2. The van der Waals surface area contributed by atoms with E-state index in [1.807, 2.05) is 0 Å². The Hall–Kier alpha value is -2.92. The Balaban J connectivity index is 3.44. The van der Waals surface area contributed by atoms with Crippen LogP contribution in [0.5, 0.6) is 0 Å². The molecule has 0 aromatic carbocycles. The molecule has 5 nitrogen and oxygen atoms in total. The van der Waals surface area contributed by atoms with Gasteiger partial charge in [-0.05, 0) is 83.5 Å². The number of hydrogen-bond acceptors (Lipinski definition) is 5. The van der Waals surface area contributed by atoms with Gasteiger partial charge < -0.3 is 14.6 Å². The van der Waals surface area contributed by atoms with Crippen LogP contribution < -0.4 is 0 Å². The molecule has 0 saturated heterocycles. The van der Waals surface area contributed by atoms with E-state index in [4.69, 9.17) is 9.47 Å². The molecular weight excluding hydrogens is 837 g/mol. The van der Waals surface area contributed by atoms with Gasteiger partial charge in [-0.1, -0.05) is 272 Å². The molecule has 1 atom stereocenters. The Morgan fingerprint density at radius 1 is 0.353 bits per heavy atom. The van der Waals surface area contributed by atoms with E-state index < -0.39 is 6.10 Å². The fourth-order valence-corrected chi connectivity index (χ4v) is 8.33. The first-order valence-corrected chi connectivity index (χ1v) is 29.1. The lowest BCUT2D eigenvalue weighted by molar-refractivity contribution is -0.161. The van der Waals surface area contributed by atoms with Gasteiger partial charge in [0, 0.05) is 12.8 Å². The van der Waals surface area contributed by atoms with Crippen LogP contribution in [-0.4, -0.2) is 36.4 Å². The van der Waals surface area contributed by atoms with Crippen molar-refractivity contribution in [3.05, 3.63) is 85.1 Å². The molecule has 0 fully saturated rings. The number of aliphatic hydroxyl groups excluding tert-OH is 1. The number of hydrogen-bond donors (Lipinski definition) is 1. The van der Waals surface area contributed by atoms with Gasteiger partial charge in [-0.15, -0.1) is 0 Å². The maximum absolute atomic E-state index is 12.2. The minimum atomic E-state index is -0.805. The predicted molar refractivity (Wildman–Crippen MR) is 297 cm³/mol. The minimum absolute atomic E-state index is 0.0896. The fourth-order valence-electron chi connectivity index (χ4n) is 8.33. The molecule has 0 aromatic heterocycles. The zero-order chi connectivity index (χ0) is 49.2. The molecule has 1 N–H and O–H groups in total. The molecule has 0 aromatic rings. The first-order valence-electron chi connectivity index (χ1n) is 29.1. The molecule has 0 aliphatic rings. The molecule has 0 radical (unpaired) electrons. The minimum Gasteiger partial charge on any atom is -0.462 e. The lowest BCUT2D eigenvalue weighted by Crippen LogP contribution is -2.28. The molecule has 392 valence electrons. The largest absolute Gasteiger partial charge is 0.462 e. The van der Waals surface area contributed by atoms with Crippen LogP contribution in [0.1, 0.15) is 284 Å². The van der Waals surface area contributed by atoms with Crippen LogP contribution in [0.2, 0.25) is 0 Å². The number of carbonyl (C=O) groups excluding carboxylic acids is 2. The number of unbranched alkanes of at least 4 members (excludes halogenated alkanes) is 31. The van der Waals surface area contributed by atoms with Gasteiger partial charge in [-0.25, -0.2) is 0 Å². The molecule has 0 spiro atoms. The molecule has 0 aliphatic carbocycles. The summed E-state index contributed by atoms with van der Waals surface area (Å²) in [4.78, 5) is 24.4. The van der Waals surface area contributed by atoms with Gasteiger partial charge >= 0.3 is 11.9 Å². The molecule has 0 rings (SSSR count). The summed E-state index contributed by atoms with van der Waals surface area (Å²) < 4.78 is 10.6. The van der Waals surface area contributed by atoms with Crippen LogP contribution in [0.15, 0.2) is 85.1 Å². The van der Waals surface area contributed by atoms with Crippen molar-refractivity contribution < 1.29 is 24.2 Å². The van der Waals surface area contributed by atoms with Crippen molar-refractivity contribution >= 4 is 11.9 Å². The topological polar surface area (TPSA) is 72.8 Å². The van der Waals surface area contributed by atoms with Crippen molar-refractivity contribution in [3.8, 4) is 0 Å². The third-order valence-electron chi connectivity index (χ3n) is 12.7. The normalized spacial score (nSPS) is 12.8. The van der Waals surface area contributed by atoms with Gasteiger partial charge in [0.25, 0.3) is 0 Å². The summed E-state index contributed by atoms with van der Waals surface area (Å²) in [6, 6.07) is 0. The summed E-state index contributed by atoms with van der Waals surface area (Å²) >= 11 is 0. The van der Waals surface area contributed by atoms with Crippen LogP contribution in [0.3, 0.4) is 0 Å². The highest BCUT2D eigenvalue weighted by Gasteiger charge is 2.16. The Morgan fingerprint density at radius 2 is 0.647 bits per heavy atom. The molecule has 0 bridgehead atoms. The van der Waals surface area contributed by atoms with E-state index in [-0.39, 0.29) is 31.6 Å². The van der Waals surface area contributed by atoms with Crippen LogP contribution in [0.4, 0.5) is 0 Å². The number of esters is 2. The molecular formula is C63H110O5. The Bertz CT molecular complexity index is 1250. The van der Waals surface area contributed by atoms with E-state index in [1.165, 1.54) is 186 Å². The van der Waals surface area contributed by atoms with Crippen LogP contribution >= 0.6 is 0 Å². The number of allylic oxidation sites excluding steroid dienone is 14. The molecule has 5 heteroatoms. The molecule has 0 amide bonds. The summed E-state index contributed by atoms with van der Waals surface area (Å²) in [6.07, 6.45) is 81.6. The zero-order valence-electron chi connectivity index (χ0n) is 44.9. The standard InChI is InChI=1S/C63H110O5/c1-3-5-7-9-11-13-15-17-19-21-22-23-24-25-26-27-28-29-30-31-32-33-34-35-36-37-38-39-40-42-43-45-47-49-51-53-55-57-62(65)67-60-61(59-64)68-63(66)58-56-54-52-50-48-46-44-41-20-18-16-14-12-10-8-6-4-2/h6,8,12,14-15,17-18,20-22,44,46,50,52,61,64H,3-5,7,9-11,13,16,19,23-43,45,47-49,51,53-60H2,1-2H3/b8-6-,14-12-,17-15-,20-18-,22-21-,46-44-,52-50-. The van der Waals surface area contributed by atoms with Crippen molar-refractivity contribution in [2.45, 2.75) is 290 Å². The highest BCUT2D eigenvalue weighted by molar-refractivity contribution is 5.70. The molecule has 0 heterocycles. The lowest BCUT2D eigenvalue weighted by atomic mass is 10.0. The second kappa shape index (κ2) is 58.4. The van der Waals surface area contributed by atoms with Crippen LogP contribution in [0.25, 0.3) is 0 Å². The Labute approximate surface area is 422 Å². The van der Waals surface area contributed by atoms with E-state index in [2.05, 4.69) is 98.9 Å². The monoisotopic (exact) mass is 947 g/mol. The summed E-state index contributed by atoms with van der Waals surface area (Å²) in [6.45, 7) is 3.99. The van der Waals surface area contributed by atoms with Crippen molar-refractivity contribution in [2.75, 3.05) is 13.2 Å². The molecule has 1 unspecified atom stereocenters. The van der Waals surface area contributed by atoms with Gasteiger partial charge in [0.2, 0.25) is 0 Å². The average molecular weight is 948 g/mol. The van der Waals surface area contributed by atoms with E-state index >= 15 is 0 Å². The van der Waals surface area contributed by atoms with Gasteiger partial charge in [0.15, 0.2) is 6.10 Å². The average Bonchev–Trinajstić information content (AvgIpc) is 3.34. The summed E-state index contributed by atoms with van der Waals surface area (Å²) in [5.41, 5.74) is 0. The quantitative estimate of drug-likeness (QED) is 0.0374. The molecule has 0 saturated carbocycles. The highest BCUT2D eigenvalue weighted by atomic mass is 16.6. The molecule has 0 aliphatic heterocycles. The van der Waals surface area contributed by atoms with Gasteiger partial charge in [0.05, 0.1) is 6.61 Å². The van der Waals surface area contributed by atoms with Crippen LogP contribution in [-0.2, 0) is 19.1 Å². The SMILES string of the molecule is CC/C=C\C/C=C\C/C=C\C/C=C\C/C=C\CCCC(=O)OC(CO)COC(=O)CCCCCCCCCCCCCCCCCCCCCCCCCCC/C=C\C/C=C\CCCCCCC. The Kier molecular flexibility index (Phi) is 55.9. The second-order valence-electron chi connectivity index (χ2n) is 19.3. The maximum atomic E-state index is 12.2. The lowest BCUT2D eigenvalue weighted by Gasteiger charge is -2.15. The van der Waals surface area contributed by atoms with Gasteiger partial charge in [-0.2, -0.15) is 0 Å². The molecule has 68 heavy (non-hydrogen) atoms. The summed E-state index contributed by atoms with van der Waals surface area (Å²) in [5.74, 6) is -0.653. The highest BCUT2D eigenvalue weighted by Crippen LogP contribution is 2.17. The van der Waals surface area contributed by atoms with Gasteiger partial charge in [-0.3, -0.25) is 9.59 Å². The van der Waals surface area contributed by atoms with Crippen molar-refractivity contribution in [1.82, 2.24) is 0 Å². The van der Waals surface area contributed by atoms with E-state index in [0.29, 0.717) is 12.8 Å². The summed E-state index contributed by atoms with van der Waals surface area (Å²) in [5, 5.41) is 9.62. The van der Waals surface area contributed by atoms with E-state index in [9.17, 15) is 14.7 Å². The smallest absolute Gasteiger partial charge is 0.306 e. The Morgan fingerprint density at radius 3 is 1.00 bits per heavy atom. The first kappa shape index (κ1) is 65.1. The van der Waals surface area contributed by atoms with Gasteiger partial charge in [0.1, 0.15) is 6.61 Å². The third-order valence-corrected chi connectivity index (χ3v) is 12.7. The fraction of sp³-hybridized carbons (Fsp3) is 0.746. The number of carbonyl (C=O) groups is 2. The number of rotatable bonds is 53. The third kappa shape index (κ3) is 55.7. The second-order valence-corrected chi connectivity index (χ2v) is 19.3. The number of aliphatic hydroxyl groups is 1.